The van der Waals surface area contributed by atoms with E-state index in [0.29, 0.717) is 0 Å². The van der Waals surface area contributed by atoms with Crippen LogP contribution in [0.25, 0.3) is 33.7 Å². The third-order valence-electron chi connectivity index (χ3n) is 3.72. The monoisotopic (exact) mass is 338 g/mol. The minimum atomic E-state index is 0. The third-order valence-corrected chi connectivity index (χ3v) is 4.40. The van der Waals surface area contributed by atoms with Crippen LogP contribution in [0.1, 0.15) is 0 Å². The van der Waals surface area contributed by atoms with Gasteiger partial charge in [-0.3, -0.25) is 5.10 Å². The zero-order valence-electron chi connectivity index (χ0n) is 13.5. The van der Waals surface area contributed by atoms with Crippen LogP contribution in [0.5, 0.6) is 0 Å². The van der Waals surface area contributed by atoms with Gasteiger partial charge in [0.2, 0.25) is 0 Å². The molecule has 0 aliphatic rings. The fourth-order valence-electron chi connectivity index (χ4n) is 2.50. The number of aromatic amines is 1. The van der Waals surface area contributed by atoms with Gasteiger partial charge in [0.15, 0.2) is 5.82 Å². The maximum atomic E-state index is 4.79. The van der Waals surface area contributed by atoms with Crippen LogP contribution in [-0.2, 0) is 0 Å². The second-order valence-corrected chi connectivity index (χ2v) is 6.26. The van der Waals surface area contributed by atoms with E-state index in [2.05, 4.69) is 43.7 Å². The third kappa shape index (κ3) is 2.75. The number of aromatic nitrogens is 4. The summed E-state index contributed by atoms with van der Waals surface area (Å²) in [7, 11) is 4.06. The highest BCUT2D eigenvalue weighted by atomic mass is 32.1. The van der Waals surface area contributed by atoms with Crippen molar-refractivity contribution in [3.63, 3.8) is 0 Å². The number of thiophene rings is 1. The molecule has 0 fully saturated rings. The summed E-state index contributed by atoms with van der Waals surface area (Å²) in [5, 5.41) is 11.2. The fraction of sp³-hybridized carbons (Fsp3) is 0.118. The van der Waals surface area contributed by atoms with Gasteiger partial charge in [-0.25, -0.2) is 9.97 Å². The Morgan fingerprint density at radius 3 is 2.71 bits per heavy atom. The van der Waals surface area contributed by atoms with Crippen molar-refractivity contribution in [2.75, 3.05) is 19.0 Å². The van der Waals surface area contributed by atoms with Crippen molar-refractivity contribution >= 4 is 28.1 Å². The highest BCUT2D eigenvalue weighted by Gasteiger charge is 2.13. The van der Waals surface area contributed by atoms with Gasteiger partial charge in [-0.15, -0.1) is 0 Å². The van der Waals surface area contributed by atoms with Gasteiger partial charge >= 0.3 is 0 Å². The van der Waals surface area contributed by atoms with Crippen LogP contribution in [-0.4, -0.2) is 34.3 Å². The zero-order chi connectivity index (χ0) is 15.8. The van der Waals surface area contributed by atoms with E-state index in [1.165, 1.54) is 0 Å². The quantitative estimate of drug-likeness (QED) is 0.589. The number of rotatable bonds is 3. The molecule has 0 radical (unpaired) electrons. The summed E-state index contributed by atoms with van der Waals surface area (Å²) in [5.41, 5.74) is 5.77. The lowest BCUT2D eigenvalue weighted by Crippen LogP contribution is -2.08. The number of fused-ring (bicyclic) bond motifs is 1. The van der Waals surface area contributed by atoms with Gasteiger partial charge in [0.25, 0.3) is 0 Å². The number of nitrogens with zero attached hydrogens (tertiary/aromatic N) is 4. The first-order valence-electron chi connectivity index (χ1n) is 7.24. The molecule has 4 aromatic rings. The van der Waals surface area contributed by atoms with Crippen molar-refractivity contribution in [1.29, 1.82) is 0 Å². The van der Waals surface area contributed by atoms with E-state index in [1.807, 2.05) is 31.6 Å². The van der Waals surface area contributed by atoms with E-state index in [-0.39, 0.29) is 6.15 Å². The Morgan fingerprint density at radius 2 is 1.96 bits per heavy atom. The minimum absolute atomic E-state index is 0. The van der Waals surface area contributed by atoms with Gasteiger partial charge in [0.1, 0.15) is 16.7 Å². The predicted octanol–water partition coefficient (Wildman–Crippen LogP) is 3.98. The first kappa shape index (κ1) is 16.1. The van der Waals surface area contributed by atoms with Crippen LogP contribution in [0.3, 0.4) is 0 Å². The van der Waals surface area contributed by atoms with Crippen LogP contribution >= 0.6 is 11.3 Å². The molecule has 4 rings (SSSR count). The largest absolute Gasteiger partial charge is 0.378 e. The van der Waals surface area contributed by atoms with E-state index >= 15 is 0 Å². The summed E-state index contributed by atoms with van der Waals surface area (Å²) in [4.78, 5) is 11.5. The summed E-state index contributed by atoms with van der Waals surface area (Å²) in [5.74, 6) is 0.727. The Kier molecular flexibility index (Phi) is 4.28. The predicted molar refractivity (Wildman–Crippen MR) is 99.8 cm³/mol. The van der Waals surface area contributed by atoms with Gasteiger partial charge in [-0.2, -0.15) is 16.4 Å². The Balaban J connectivity index is 0.00000169. The van der Waals surface area contributed by atoms with E-state index in [4.69, 9.17) is 4.98 Å². The lowest BCUT2D eigenvalue weighted by molar-refractivity contribution is 1.11. The van der Waals surface area contributed by atoms with Gasteiger partial charge in [0.05, 0.1) is 6.20 Å². The lowest BCUT2D eigenvalue weighted by atomic mass is 10.1. The molecule has 7 heteroatoms. The Labute approximate surface area is 143 Å². The highest BCUT2D eigenvalue weighted by Crippen LogP contribution is 2.30. The molecule has 122 valence electrons. The number of hydrogen-bond acceptors (Lipinski definition) is 6. The van der Waals surface area contributed by atoms with E-state index < -0.39 is 0 Å². The maximum Gasteiger partial charge on any atom is 0.161 e. The second-order valence-electron chi connectivity index (χ2n) is 5.48. The number of benzene rings is 1. The fourth-order valence-corrected chi connectivity index (χ4v) is 3.14. The molecule has 0 amide bonds. The van der Waals surface area contributed by atoms with Crippen molar-refractivity contribution in [3.05, 3.63) is 47.3 Å². The molecule has 1 aromatic carbocycles. The molecule has 24 heavy (non-hydrogen) atoms. The SMILES string of the molecule is CN(C)c1cccc(-c2nc(-c3ccsc3)nc3cn[nH]c23)c1.N. The minimum Gasteiger partial charge on any atom is -0.378 e. The van der Waals surface area contributed by atoms with Gasteiger partial charge in [0, 0.05) is 36.3 Å². The molecule has 0 unspecified atom stereocenters. The average molecular weight is 338 g/mol. The van der Waals surface area contributed by atoms with Crippen molar-refractivity contribution < 1.29 is 0 Å². The molecule has 0 saturated carbocycles. The molecule has 0 aliphatic heterocycles. The summed E-state index contributed by atoms with van der Waals surface area (Å²) in [6, 6.07) is 10.3. The molecule has 0 atom stereocenters. The Morgan fingerprint density at radius 1 is 1.08 bits per heavy atom. The number of nitrogens with one attached hydrogen (secondary N) is 1. The molecule has 3 aromatic heterocycles. The van der Waals surface area contributed by atoms with Crippen LogP contribution < -0.4 is 11.1 Å². The van der Waals surface area contributed by atoms with E-state index in [0.717, 1.165) is 39.4 Å². The maximum absolute atomic E-state index is 4.79. The molecule has 3 heterocycles. The van der Waals surface area contributed by atoms with Crippen LogP contribution in [0.4, 0.5) is 5.69 Å². The summed E-state index contributed by atoms with van der Waals surface area (Å²) in [6.45, 7) is 0. The van der Waals surface area contributed by atoms with Crippen LogP contribution in [0.15, 0.2) is 47.3 Å². The lowest BCUT2D eigenvalue weighted by Gasteiger charge is -2.13. The van der Waals surface area contributed by atoms with Gasteiger partial charge in [-0.05, 0) is 23.6 Å². The van der Waals surface area contributed by atoms with Crippen molar-refractivity contribution in [1.82, 2.24) is 26.3 Å². The first-order valence-corrected chi connectivity index (χ1v) is 8.18. The smallest absolute Gasteiger partial charge is 0.161 e. The van der Waals surface area contributed by atoms with E-state index in [9.17, 15) is 0 Å². The van der Waals surface area contributed by atoms with Gasteiger partial charge < -0.3 is 11.1 Å². The van der Waals surface area contributed by atoms with Crippen molar-refractivity contribution in [2.45, 2.75) is 0 Å². The van der Waals surface area contributed by atoms with Crippen LogP contribution in [0, 0.1) is 0 Å². The molecule has 4 N–H and O–H groups in total. The highest BCUT2D eigenvalue weighted by molar-refractivity contribution is 7.08. The zero-order valence-corrected chi connectivity index (χ0v) is 14.3. The molecular formula is C17H18N6S. The van der Waals surface area contributed by atoms with Crippen LogP contribution in [0.2, 0.25) is 0 Å². The Bertz CT molecular complexity index is 958. The summed E-state index contributed by atoms with van der Waals surface area (Å²) in [6.07, 6.45) is 1.74. The summed E-state index contributed by atoms with van der Waals surface area (Å²) >= 11 is 1.64. The first-order chi connectivity index (χ1) is 11.2. The normalized spacial score (nSPS) is 10.6. The molecule has 0 spiro atoms. The second kappa shape index (κ2) is 6.38. The molecule has 6 nitrogen and oxygen atoms in total. The standard InChI is InChI=1S/C17H15N5S.H3N/c1-22(2)13-5-3-4-11(8-13)15-16-14(9-18-21-16)19-17(20-15)12-6-7-23-10-12;/h3-10H,1-2H3,(H,18,21);1H3. The van der Waals surface area contributed by atoms with Crippen molar-refractivity contribution in [2.24, 2.45) is 0 Å². The Hall–Kier alpha value is -2.77. The summed E-state index contributed by atoms with van der Waals surface area (Å²) < 4.78 is 0. The topological polar surface area (TPSA) is 92.7 Å². The van der Waals surface area contributed by atoms with Gasteiger partial charge in [-0.1, -0.05) is 12.1 Å². The molecular weight excluding hydrogens is 320 g/mol. The molecule has 0 bridgehead atoms. The van der Waals surface area contributed by atoms with Crippen molar-refractivity contribution in [3.8, 4) is 22.6 Å². The molecule has 0 aliphatic carbocycles. The average Bonchev–Trinajstić information content (AvgIpc) is 3.25. The number of hydrogen-bond donors (Lipinski definition) is 2. The van der Waals surface area contributed by atoms with E-state index in [1.54, 1.807) is 17.5 Å². The number of H-pyrrole nitrogens is 1. The number of anilines is 1. The molecule has 0 saturated heterocycles.